The molecule has 5 aromatic rings. The zero-order valence-electron chi connectivity index (χ0n) is 19.8. The van der Waals surface area contributed by atoms with Crippen LogP contribution in [0.5, 0.6) is 5.75 Å². The Bertz CT molecular complexity index is 1520. The Kier molecular flexibility index (Phi) is 6.69. The zero-order valence-corrected chi connectivity index (χ0v) is 20.6. The molecule has 0 spiro atoms. The number of rotatable bonds is 7. The summed E-state index contributed by atoms with van der Waals surface area (Å²) in [5.74, 6) is 0.0365. The smallest absolute Gasteiger partial charge is 0.226 e. The lowest BCUT2D eigenvalue weighted by Crippen LogP contribution is -2.23. The number of carbonyl (C=O) groups excluding carboxylic acids is 1. The summed E-state index contributed by atoms with van der Waals surface area (Å²) < 4.78 is 21.0. The fraction of sp³-hybridized carbons (Fsp3) is 0.143. The first-order valence-electron chi connectivity index (χ1n) is 11.4. The molecule has 0 atom stereocenters. The van der Waals surface area contributed by atoms with E-state index >= 15 is 0 Å². The van der Waals surface area contributed by atoms with Crippen molar-refractivity contribution in [2.45, 2.75) is 13.0 Å². The number of aromatic nitrogens is 3. The first-order valence-corrected chi connectivity index (χ1v) is 12.2. The van der Waals surface area contributed by atoms with E-state index in [1.54, 1.807) is 42.6 Å². The summed E-state index contributed by atoms with van der Waals surface area (Å²) >= 11 is 1.55. The number of fused-ring (bicyclic) bond motifs is 1. The molecular formula is C28H23FN4O2S. The Labute approximate surface area is 212 Å². The predicted octanol–water partition coefficient (Wildman–Crippen LogP) is 5.77. The molecule has 0 aliphatic heterocycles. The summed E-state index contributed by atoms with van der Waals surface area (Å²) in [6, 6.07) is 19.8. The minimum Gasteiger partial charge on any atom is -0.486 e. The minimum absolute atomic E-state index is 0.0486. The molecule has 0 aliphatic rings. The van der Waals surface area contributed by atoms with Crippen LogP contribution in [0.1, 0.15) is 11.3 Å². The van der Waals surface area contributed by atoms with Gasteiger partial charge in [-0.25, -0.2) is 4.39 Å². The van der Waals surface area contributed by atoms with E-state index < -0.39 is 5.82 Å². The molecule has 36 heavy (non-hydrogen) atoms. The van der Waals surface area contributed by atoms with Crippen molar-refractivity contribution in [3.05, 3.63) is 95.4 Å². The standard InChI is InChI=1S/C28H23FN4O2S/c1-33(2)25(34)15-18-6-8-19(9-7-18)26-23-12-14-36-28(23)27(32-31-26)22-11-10-20(29)16-24(22)35-17-21-5-3-4-13-30-21/h3-14,16H,15,17H2,1-2H3. The molecule has 0 unspecified atom stereocenters. The summed E-state index contributed by atoms with van der Waals surface area (Å²) in [5, 5.41) is 12.0. The van der Waals surface area contributed by atoms with E-state index in [1.165, 1.54) is 12.1 Å². The number of benzene rings is 2. The normalized spacial score (nSPS) is 11.0. The summed E-state index contributed by atoms with van der Waals surface area (Å²) in [7, 11) is 3.49. The number of pyridine rings is 1. The third kappa shape index (κ3) is 4.94. The predicted molar refractivity (Wildman–Crippen MR) is 139 cm³/mol. The first kappa shape index (κ1) is 23.6. The summed E-state index contributed by atoms with van der Waals surface area (Å²) in [5.41, 5.74) is 4.63. The van der Waals surface area contributed by atoms with Crippen molar-refractivity contribution >= 4 is 27.3 Å². The van der Waals surface area contributed by atoms with Gasteiger partial charge < -0.3 is 9.64 Å². The number of thiophene rings is 1. The molecule has 0 bridgehead atoms. The second-order valence-electron chi connectivity index (χ2n) is 8.47. The van der Waals surface area contributed by atoms with Gasteiger partial charge in [0.1, 0.15) is 29.6 Å². The van der Waals surface area contributed by atoms with Gasteiger partial charge in [0.05, 0.1) is 16.8 Å². The van der Waals surface area contributed by atoms with Crippen LogP contribution in [0.25, 0.3) is 32.6 Å². The average Bonchev–Trinajstić information content (AvgIpc) is 3.38. The highest BCUT2D eigenvalue weighted by Gasteiger charge is 2.18. The molecule has 1 amide bonds. The van der Waals surface area contributed by atoms with Gasteiger partial charge in [0.2, 0.25) is 5.91 Å². The molecule has 3 heterocycles. The van der Waals surface area contributed by atoms with Crippen molar-refractivity contribution in [2.75, 3.05) is 14.1 Å². The number of nitrogens with zero attached hydrogens (tertiary/aromatic N) is 4. The topological polar surface area (TPSA) is 68.2 Å². The number of hydrogen-bond donors (Lipinski definition) is 0. The fourth-order valence-corrected chi connectivity index (χ4v) is 4.72. The molecule has 2 aromatic carbocycles. The highest BCUT2D eigenvalue weighted by atomic mass is 32.1. The molecular weight excluding hydrogens is 475 g/mol. The first-order chi connectivity index (χ1) is 17.5. The highest BCUT2D eigenvalue weighted by molar-refractivity contribution is 7.17. The van der Waals surface area contributed by atoms with Gasteiger partial charge in [-0.15, -0.1) is 21.5 Å². The Morgan fingerprint density at radius 1 is 1.00 bits per heavy atom. The van der Waals surface area contributed by atoms with E-state index in [2.05, 4.69) is 15.2 Å². The van der Waals surface area contributed by atoms with Gasteiger partial charge in [-0.2, -0.15) is 0 Å². The Hall–Kier alpha value is -4.17. The molecule has 0 radical (unpaired) electrons. The molecule has 0 fully saturated rings. The van der Waals surface area contributed by atoms with E-state index in [4.69, 9.17) is 4.74 Å². The molecule has 0 aliphatic carbocycles. The Morgan fingerprint density at radius 2 is 1.81 bits per heavy atom. The molecule has 6 nitrogen and oxygen atoms in total. The lowest BCUT2D eigenvalue weighted by atomic mass is 10.0. The van der Waals surface area contributed by atoms with Crippen molar-refractivity contribution in [3.8, 4) is 28.3 Å². The van der Waals surface area contributed by atoms with E-state index in [1.807, 2.05) is 53.9 Å². The van der Waals surface area contributed by atoms with Crippen LogP contribution in [0, 0.1) is 5.82 Å². The monoisotopic (exact) mass is 498 g/mol. The van der Waals surface area contributed by atoms with Crippen molar-refractivity contribution in [1.29, 1.82) is 0 Å². The highest BCUT2D eigenvalue weighted by Crippen LogP contribution is 2.39. The number of hydrogen-bond acceptors (Lipinski definition) is 6. The molecule has 180 valence electrons. The maximum absolute atomic E-state index is 14.1. The number of ether oxygens (including phenoxy) is 1. The Morgan fingerprint density at radius 3 is 2.56 bits per heavy atom. The lowest BCUT2D eigenvalue weighted by Gasteiger charge is -2.13. The molecule has 3 aromatic heterocycles. The molecule has 8 heteroatoms. The fourth-order valence-electron chi connectivity index (χ4n) is 3.83. The third-order valence-electron chi connectivity index (χ3n) is 5.77. The van der Waals surface area contributed by atoms with Crippen LogP contribution in [0.2, 0.25) is 0 Å². The van der Waals surface area contributed by atoms with Crippen LogP contribution in [0.4, 0.5) is 4.39 Å². The van der Waals surface area contributed by atoms with Gasteiger partial charge in [0, 0.05) is 42.9 Å². The maximum atomic E-state index is 14.1. The molecule has 0 saturated carbocycles. The van der Waals surface area contributed by atoms with Crippen molar-refractivity contribution in [2.24, 2.45) is 0 Å². The SMILES string of the molecule is CN(C)C(=O)Cc1ccc(-c2nnc(-c3ccc(F)cc3OCc3ccccn3)c3sccc23)cc1. The van der Waals surface area contributed by atoms with Gasteiger partial charge in [-0.3, -0.25) is 9.78 Å². The lowest BCUT2D eigenvalue weighted by molar-refractivity contribution is -0.127. The van der Waals surface area contributed by atoms with Crippen molar-refractivity contribution < 1.29 is 13.9 Å². The van der Waals surface area contributed by atoms with Crippen LogP contribution in [0.15, 0.2) is 78.3 Å². The zero-order chi connectivity index (χ0) is 25.1. The molecule has 0 N–H and O–H groups in total. The molecule has 0 saturated heterocycles. The van der Waals surface area contributed by atoms with E-state index in [0.29, 0.717) is 23.4 Å². The van der Waals surface area contributed by atoms with Gasteiger partial charge in [0.15, 0.2) is 0 Å². The van der Waals surface area contributed by atoms with Gasteiger partial charge in [-0.05, 0) is 41.3 Å². The molecule has 5 rings (SSSR count). The average molecular weight is 499 g/mol. The maximum Gasteiger partial charge on any atom is 0.226 e. The summed E-state index contributed by atoms with van der Waals surface area (Å²) in [4.78, 5) is 17.9. The third-order valence-corrected chi connectivity index (χ3v) is 6.69. The number of amides is 1. The van der Waals surface area contributed by atoms with E-state index in [0.717, 1.165) is 32.6 Å². The summed E-state index contributed by atoms with van der Waals surface area (Å²) in [6.07, 6.45) is 2.04. The van der Waals surface area contributed by atoms with Crippen LogP contribution < -0.4 is 4.74 Å². The second-order valence-corrected chi connectivity index (χ2v) is 9.39. The Balaban J connectivity index is 1.48. The van der Waals surface area contributed by atoms with Crippen LogP contribution in [0.3, 0.4) is 0 Å². The van der Waals surface area contributed by atoms with Crippen molar-refractivity contribution in [3.63, 3.8) is 0 Å². The van der Waals surface area contributed by atoms with Crippen molar-refractivity contribution in [1.82, 2.24) is 20.1 Å². The largest absolute Gasteiger partial charge is 0.486 e. The van der Waals surface area contributed by atoms with Crippen LogP contribution in [-0.2, 0) is 17.8 Å². The minimum atomic E-state index is -0.394. The van der Waals surface area contributed by atoms with Gasteiger partial charge >= 0.3 is 0 Å². The number of carbonyl (C=O) groups is 1. The number of halogens is 1. The van der Waals surface area contributed by atoms with Gasteiger partial charge in [-0.1, -0.05) is 30.3 Å². The number of likely N-dealkylation sites (N-methyl/N-ethyl adjacent to an activating group) is 1. The van der Waals surface area contributed by atoms with E-state index in [-0.39, 0.29) is 12.5 Å². The second kappa shape index (κ2) is 10.2. The summed E-state index contributed by atoms with van der Waals surface area (Å²) in [6.45, 7) is 0.207. The van der Waals surface area contributed by atoms with Crippen LogP contribution in [-0.4, -0.2) is 40.1 Å². The van der Waals surface area contributed by atoms with Gasteiger partial charge in [0.25, 0.3) is 0 Å². The van der Waals surface area contributed by atoms with E-state index in [9.17, 15) is 9.18 Å². The quantitative estimate of drug-likeness (QED) is 0.285. The van der Waals surface area contributed by atoms with Crippen LogP contribution >= 0.6 is 11.3 Å².